The molecule has 76 valence electrons. The van der Waals surface area contributed by atoms with Crippen molar-refractivity contribution in [3.63, 3.8) is 0 Å². The second-order valence-electron chi connectivity index (χ2n) is 3.97. The Bertz CT molecular complexity index is 185. The Balaban J connectivity index is 0. The van der Waals surface area contributed by atoms with Crippen molar-refractivity contribution in [2.45, 2.75) is 13.3 Å². The average molecular weight is 198 g/mol. The van der Waals surface area contributed by atoms with Crippen LogP contribution in [-0.4, -0.2) is 51.4 Å². The molecule has 0 aromatic rings. The van der Waals surface area contributed by atoms with Gasteiger partial charge in [-0.25, -0.2) is 0 Å². The van der Waals surface area contributed by atoms with E-state index in [-0.39, 0.29) is 5.75 Å². The largest absolute Gasteiger partial charge is 0.333 e. The van der Waals surface area contributed by atoms with E-state index in [4.69, 9.17) is 4.55 Å². The van der Waals surface area contributed by atoms with Gasteiger partial charge < -0.3 is 4.48 Å². The molecule has 5 heteroatoms. The third kappa shape index (κ3) is 51.8. The molecule has 0 atom stereocenters. The lowest BCUT2D eigenvalue weighted by Gasteiger charge is -2.14. The quantitative estimate of drug-likeness (QED) is 0.522. The van der Waals surface area contributed by atoms with E-state index >= 15 is 0 Å². The molecule has 0 rings (SSSR count). The molecule has 0 spiro atoms. The van der Waals surface area contributed by atoms with E-state index in [1.807, 2.05) is 0 Å². The van der Waals surface area contributed by atoms with E-state index in [1.165, 1.54) is 0 Å². The number of hydrogen-bond acceptors (Lipinski definition) is 2. The van der Waals surface area contributed by atoms with Crippen molar-refractivity contribution < 1.29 is 17.5 Å². The summed E-state index contributed by atoms with van der Waals surface area (Å²) in [6.07, 6.45) is 0.471. The topological polar surface area (TPSA) is 54.4 Å². The van der Waals surface area contributed by atoms with Gasteiger partial charge in [0.25, 0.3) is 10.1 Å². The number of hydrogen-bond donors (Lipinski definition) is 1. The van der Waals surface area contributed by atoms with Gasteiger partial charge in [0, 0.05) is 0 Å². The summed E-state index contributed by atoms with van der Waals surface area (Å²) >= 11 is 0. The molecule has 0 amide bonds. The standard InChI is InChI=1S/C4H12N.C3H8O3S/c1-5(2,3)4;1-2-3-7(4,5)6/h1-4H3;2-3H2,1H3,(H,4,5,6)/q+1;. The Morgan fingerprint density at radius 2 is 1.42 bits per heavy atom. The molecular weight excluding hydrogens is 178 g/mol. The van der Waals surface area contributed by atoms with Gasteiger partial charge in [-0.15, -0.1) is 0 Å². The van der Waals surface area contributed by atoms with Crippen LogP contribution in [0.25, 0.3) is 0 Å². The van der Waals surface area contributed by atoms with Crippen LogP contribution < -0.4 is 0 Å². The van der Waals surface area contributed by atoms with Gasteiger partial charge in [0.15, 0.2) is 0 Å². The van der Waals surface area contributed by atoms with Crippen molar-refractivity contribution in [2.75, 3.05) is 33.9 Å². The van der Waals surface area contributed by atoms with Gasteiger partial charge in [-0.1, -0.05) is 6.92 Å². The number of nitrogens with zero attached hydrogens (tertiary/aromatic N) is 1. The molecule has 0 aliphatic heterocycles. The molecule has 0 saturated heterocycles. The fraction of sp³-hybridized carbons (Fsp3) is 1.00. The van der Waals surface area contributed by atoms with Crippen molar-refractivity contribution >= 4 is 10.1 Å². The van der Waals surface area contributed by atoms with Crippen molar-refractivity contribution in [1.29, 1.82) is 0 Å². The van der Waals surface area contributed by atoms with Crippen LogP contribution in [0.2, 0.25) is 0 Å². The second-order valence-corrected chi connectivity index (χ2v) is 5.54. The predicted octanol–water partition coefficient (Wildman–Crippen LogP) is 0.607. The van der Waals surface area contributed by atoms with Gasteiger partial charge in [-0.05, 0) is 6.42 Å². The summed E-state index contributed by atoms with van der Waals surface area (Å²) in [7, 11) is 4.83. The summed E-state index contributed by atoms with van der Waals surface area (Å²) in [5.74, 6) is -0.132. The molecule has 0 aromatic heterocycles. The third-order valence-corrected chi connectivity index (χ3v) is 1.39. The highest BCUT2D eigenvalue weighted by molar-refractivity contribution is 7.85. The second kappa shape index (κ2) is 5.50. The van der Waals surface area contributed by atoms with Crippen LogP contribution in [-0.2, 0) is 10.1 Å². The molecule has 1 N–H and O–H groups in total. The first-order valence-electron chi connectivity index (χ1n) is 3.80. The monoisotopic (exact) mass is 198 g/mol. The first kappa shape index (κ1) is 14.4. The molecule has 0 fully saturated rings. The molecule has 12 heavy (non-hydrogen) atoms. The molecule has 4 nitrogen and oxygen atoms in total. The number of quaternary nitrogens is 1. The number of rotatable bonds is 2. The minimum absolute atomic E-state index is 0.132. The molecule has 0 aliphatic carbocycles. The third-order valence-electron chi connectivity index (χ3n) is 0.462. The van der Waals surface area contributed by atoms with E-state index in [9.17, 15) is 8.42 Å². The Labute approximate surface area is 75.5 Å². The van der Waals surface area contributed by atoms with Crippen LogP contribution in [0.3, 0.4) is 0 Å². The van der Waals surface area contributed by atoms with Crippen molar-refractivity contribution in [3.8, 4) is 0 Å². The van der Waals surface area contributed by atoms with Crippen LogP contribution in [0.4, 0.5) is 0 Å². The van der Waals surface area contributed by atoms with Gasteiger partial charge in [-0.2, -0.15) is 8.42 Å². The lowest BCUT2D eigenvalue weighted by atomic mass is 10.6. The van der Waals surface area contributed by atoms with Crippen LogP contribution >= 0.6 is 0 Å². The van der Waals surface area contributed by atoms with E-state index in [0.29, 0.717) is 6.42 Å². The van der Waals surface area contributed by atoms with Crippen LogP contribution in [0, 0.1) is 0 Å². The lowest BCUT2D eigenvalue weighted by Crippen LogP contribution is -2.27. The Morgan fingerprint density at radius 3 is 1.42 bits per heavy atom. The maximum atomic E-state index is 9.79. The molecule has 0 aromatic carbocycles. The van der Waals surface area contributed by atoms with E-state index in [2.05, 4.69) is 28.2 Å². The first-order chi connectivity index (χ1) is 5.06. The van der Waals surface area contributed by atoms with E-state index < -0.39 is 10.1 Å². The van der Waals surface area contributed by atoms with Crippen LogP contribution in [0.5, 0.6) is 0 Å². The zero-order chi connectivity index (χ0) is 10.4. The summed E-state index contributed by atoms with van der Waals surface area (Å²) in [4.78, 5) is 0. The maximum Gasteiger partial charge on any atom is 0.264 e. The van der Waals surface area contributed by atoms with Gasteiger partial charge in [0.1, 0.15) is 0 Å². The molecule has 0 aliphatic rings. The van der Waals surface area contributed by atoms with Gasteiger partial charge in [0.2, 0.25) is 0 Å². The Morgan fingerprint density at radius 1 is 1.17 bits per heavy atom. The molecule has 0 radical (unpaired) electrons. The highest BCUT2D eigenvalue weighted by Gasteiger charge is 1.98. The normalized spacial score (nSPS) is 11.8. The summed E-state index contributed by atoms with van der Waals surface area (Å²) in [6.45, 7) is 1.69. The Hall–Kier alpha value is -0.130. The predicted molar refractivity (Wildman–Crippen MR) is 50.7 cm³/mol. The fourth-order valence-electron chi connectivity index (χ4n) is 0.258. The van der Waals surface area contributed by atoms with Gasteiger partial charge in [-0.3, -0.25) is 4.55 Å². The molecule has 0 heterocycles. The van der Waals surface area contributed by atoms with Crippen molar-refractivity contribution in [2.24, 2.45) is 0 Å². The SMILES string of the molecule is CCCS(=O)(=O)O.C[N+](C)(C)C. The molecule has 0 unspecified atom stereocenters. The minimum atomic E-state index is -3.67. The van der Waals surface area contributed by atoms with Crippen molar-refractivity contribution in [1.82, 2.24) is 0 Å². The van der Waals surface area contributed by atoms with E-state index in [0.717, 1.165) is 4.48 Å². The zero-order valence-electron chi connectivity index (χ0n) is 8.53. The van der Waals surface area contributed by atoms with Crippen LogP contribution in [0.1, 0.15) is 13.3 Å². The fourth-order valence-corrected chi connectivity index (χ4v) is 0.774. The highest BCUT2D eigenvalue weighted by Crippen LogP contribution is 1.83. The van der Waals surface area contributed by atoms with Crippen LogP contribution in [0.15, 0.2) is 0 Å². The summed E-state index contributed by atoms with van der Waals surface area (Å²) in [5, 5.41) is 0. The summed E-state index contributed by atoms with van der Waals surface area (Å²) in [5.41, 5.74) is 0. The average Bonchev–Trinajstić information content (AvgIpc) is 1.54. The zero-order valence-corrected chi connectivity index (χ0v) is 9.35. The smallest absolute Gasteiger partial charge is 0.264 e. The molecular formula is C7H20NO3S+. The molecule has 0 saturated carbocycles. The lowest BCUT2D eigenvalue weighted by molar-refractivity contribution is -0.849. The highest BCUT2D eigenvalue weighted by atomic mass is 32.2. The minimum Gasteiger partial charge on any atom is -0.333 e. The van der Waals surface area contributed by atoms with Gasteiger partial charge in [0.05, 0.1) is 33.9 Å². The Kier molecular flexibility index (Phi) is 6.60. The summed E-state index contributed by atoms with van der Waals surface area (Å²) in [6, 6.07) is 0. The van der Waals surface area contributed by atoms with E-state index in [1.54, 1.807) is 6.92 Å². The summed E-state index contributed by atoms with van der Waals surface area (Å²) < 4.78 is 28.6. The van der Waals surface area contributed by atoms with Crippen molar-refractivity contribution in [3.05, 3.63) is 0 Å². The molecule has 0 bridgehead atoms. The van der Waals surface area contributed by atoms with Gasteiger partial charge >= 0.3 is 0 Å². The maximum absolute atomic E-state index is 9.79. The first-order valence-corrected chi connectivity index (χ1v) is 5.41.